The van der Waals surface area contributed by atoms with Crippen molar-refractivity contribution in [3.8, 4) is 11.1 Å². The molecule has 0 atom stereocenters. The van der Waals surface area contributed by atoms with E-state index in [4.69, 9.17) is 14.3 Å². The van der Waals surface area contributed by atoms with Gasteiger partial charge in [0.2, 0.25) is 0 Å². The molecule has 4 rings (SSSR count). The number of rotatable bonds is 4. The maximum Gasteiger partial charge on any atom is 0.411 e. The molecule has 1 aliphatic rings. The lowest BCUT2D eigenvalue weighted by Gasteiger charge is -2.14. The first-order chi connectivity index (χ1) is 12.6. The largest absolute Gasteiger partial charge is 0.477 e. The summed E-state index contributed by atoms with van der Waals surface area (Å²) in [5.41, 5.74) is 4.43. The highest BCUT2D eigenvalue weighted by Crippen LogP contribution is 2.44. The minimum atomic E-state index is -1.19. The van der Waals surface area contributed by atoms with Gasteiger partial charge in [-0.25, -0.2) is 9.59 Å². The molecule has 0 bridgehead atoms. The summed E-state index contributed by atoms with van der Waals surface area (Å²) in [7, 11) is 0. The Morgan fingerprint density at radius 1 is 1.00 bits per heavy atom. The second-order valence-electron chi connectivity index (χ2n) is 5.95. The Bertz CT molecular complexity index is 946. The molecule has 0 radical (unpaired) electrons. The fourth-order valence-electron chi connectivity index (χ4n) is 3.30. The number of furan rings is 1. The molecular formula is C20H15NO5. The lowest BCUT2D eigenvalue weighted by Crippen LogP contribution is -2.18. The summed E-state index contributed by atoms with van der Waals surface area (Å²) in [5.74, 6) is -1.25. The van der Waals surface area contributed by atoms with Crippen molar-refractivity contribution >= 4 is 17.7 Å². The van der Waals surface area contributed by atoms with Crippen LogP contribution in [0.15, 0.2) is 65.5 Å². The van der Waals surface area contributed by atoms with Gasteiger partial charge in [0.1, 0.15) is 24.7 Å². The van der Waals surface area contributed by atoms with Crippen molar-refractivity contribution in [3.63, 3.8) is 0 Å². The monoisotopic (exact) mass is 349 g/mol. The number of fused-ring (bicyclic) bond motifs is 3. The number of amides is 1. The molecule has 0 spiro atoms. The predicted molar refractivity (Wildman–Crippen MR) is 94.4 cm³/mol. The van der Waals surface area contributed by atoms with E-state index in [1.165, 1.54) is 0 Å². The third kappa shape index (κ3) is 2.71. The maximum absolute atomic E-state index is 12.1. The Labute approximate surface area is 149 Å². The number of hydrogen-bond donors (Lipinski definition) is 2. The zero-order valence-corrected chi connectivity index (χ0v) is 13.6. The Morgan fingerprint density at radius 3 is 2.23 bits per heavy atom. The minimum absolute atomic E-state index is 0.0588. The van der Waals surface area contributed by atoms with Crippen LogP contribution in [0.2, 0.25) is 0 Å². The van der Waals surface area contributed by atoms with Crippen molar-refractivity contribution in [2.75, 3.05) is 11.9 Å². The number of carbonyl (C=O) groups excluding carboxylic acids is 1. The van der Waals surface area contributed by atoms with Crippen molar-refractivity contribution in [2.24, 2.45) is 0 Å². The lowest BCUT2D eigenvalue weighted by molar-refractivity contribution is 0.0697. The van der Waals surface area contributed by atoms with Crippen LogP contribution >= 0.6 is 0 Å². The number of anilines is 1. The predicted octanol–water partition coefficient (Wildman–Crippen LogP) is 4.34. The van der Waals surface area contributed by atoms with Gasteiger partial charge in [-0.2, -0.15) is 0 Å². The van der Waals surface area contributed by atoms with Gasteiger partial charge in [-0.05, 0) is 22.3 Å². The number of carbonyl (C=O) groups is 2. The molecule has 0 unspecified atom stereocenters. The zero-order chi connectivity index (χ0) is 18.1. The van der Waals surface area contributed by atoms with Crippen LogP contribution in [-0.2, 0) is 4.74 Å². The lowest BCUT2D eigenvalue weighted by atomic mass is 9.98. The summed E-state index contributed by atoms with van der Waals surface area (Å²) < 4.78 is 10.2. The Kier molecular flexibility index (Phi) is 3.93. The molecule has 130 valence electrons. The Balaban J connectivity index is 1.50. The molecule has 6 heteroatoms. The summed E-state index contributed by atoms with van der Waals surface area (Å²) in [5, 5.41) is 11.4. The molecule has 1 heterocycles. The van der Waals surface area contributed by atoms with Crippen molar-refractivity contribution < 1.29 is 23.8 Å². The molecule has 0 aliphatic heterocycles. The van der Waals surface area contributed by atoms with Crippen LogP contribution in [0.3, 0.4) is 0 Å². The highest BCUT2D eigenvalue weighted by Gasteiger charge is 2.29. The first-order valence-electron chi connectivity index (χ1n) is 8.06. The van der Waals surface area contributed by atoms with Crippen molar-refractivity contribution in [1.29, 1.82) is 0 Å². The van der Waals surface area contributed by atoms with Gasteiger partial charge in [-0.1, -0.05) is 48.5 Å². The third-order valence-corrected chi connectivity index (χ3v) is 4.47. The first-order valence-corrected chi connectivity index (χ1v) is 8.06. The van der Waals surface area contributed by atoms with Crippen LogP contribution in [0.1, 0.15) is 27.4 Å². The van der Waals surface area contributed by atoms with E-state index in [1.54, 1.807) is 0 Å². The zero-order valence-electron chi connectivity index (χ0n) is 13.6. The standard InChI is InChI=1S/C20H15NO5/c22-19(23)17-9-25-11-18(17)21-20(24)26-10-16-14-7-3-1-5-12(14)13-6-2-4-8-15(13)16/h1-9,11,16H,10H2,(H,21,24)(H,22,23). The second kappa shape index (κ2) is 6.40. The van der Waals surface area contributed by atoms with E-state index >= 15 is 0 Å². The van der Waals surface area contributed by atoms with Crippen molar-refractivity contribution in [1.82, 2.24) is 0 Å². The molecule has 0 saturated carbocycles. The van der Waals surface area contributed by atoms with Crippen LogP contribution in [0.25, 0.3) is 11.1 Å². The average Bonchev–Trinajstić information content (AvgIpc) is 3.23. The molecule has 2 N–H and O–H groups in total. The summed E-state index contributed by atoms with van der Waals surface area (Å²) in [6, 6.07) is 16.1. The van der Waals surface area contributed by atoms with Gasteiger partial charge in [-0.3, -0.25) is 5.32 Å². The molecule has 1 aromatic heterocycles. The van der Waals surface area contributed by atoms with Crippen LogP contribution < -0.4 is 5.32 Å². The summed E-state index contributed by atoms with van der Waals surface area (Å²) in [4.78, 5) is 23.2. The molecule has 2 aromatic carbocycles. The first kappa shape index (κ1) is 16.0. The van der Waals surface area contributed by atoms with Gasteiger partial charge >= 0.3 is 12.1 Å². The average molecular weight is 349 g/mol. The van der Waals surface area contributed by atoms with Gasteiger partial charge in [0.25, 0.3) is 0 Å². The number of aromatic carboxylic acids is 1. The van der Waals surface area contributed by atoms with Gasteiger partial charge < -0.3 is 14.3 Å². The number of benzene rings is 2. The molecule has 0 saturated heterocycles. The quantitative estimate of drug-likeness (QED) is 0.731. The van der Waals surface area contributed by atoms with E-state index < -0.39 is 12.1 Å². The number of hydrogen-bond acceptors (Lipinski definition) is 4. The van der Waals surface area contributed by atoms with E-state index in [0.29, 0.717) is 0 Å². The van der Waals surface area contributed by atoms with E-state index in [0.717, 1.165) is 34.8 Å². The molecule has 6 nitrogen and oxygen atoms in total. The van der Waals surface area contributed by atoms with Gasteiger partial charge in [0.05, 0.1) is 5.69 Å². The summed E-state index contributed by atoms with van der Waals surface area (Å²) >= 11 is 0. The van der Waals surface area contributed by atoms with Crippen LogP contribution in [0, 0.1) is 0 Å². The third-order valence-electron chi connectivity index (χ3n) is 4.47. The number of ether oxygens (including phenoxy) is 1. The van der Waals surface area contributed by atoms with E-state index in [-0.39, 0.29) is 23.8 Å². The molecule has 1 amide bonds. The van der Waals surface area contributed by atoms with Crippen LogP contribution in [0.4, 0.5) is 10.5 Å². The highest BCUT2D eigenvalue weighted by atomic mass is 16.5. The Morgan fingerprint density at radius 2 is 1.62 bits per heavy atom. The van der Waals surface area contributed by atoms with E-state index in [2.05, 4.69) is 17.4 Å². The molecular weight excluding hydrogens is 334 g/mol. The van der Waals surface area contributed by atoms with Crippen molar-refractivity contribution in [2.45, 2.75) is 5.92 Å². The SMILES string of the molecule is O=C(Nc1cocc1C(=O)O)OCC1c2ccccc2-c2ccccc21. The fraction of sp³-hybridized carbons (Fsp3) is 0.100. The summed E-state index contributed by atoms with van der Waals surface area (Å²) in [6.07, 6.45) is 1.49. The van der Waals surface area contributed by atoms with E-state index in [1.807, 2.05) is 36.4 Å². The minimum Gasteiger partial charge on any atom is -0.477 e. The van der Waals surface area contributed by atoms with Gasteiger partial charge in [-0.15, -0.1) is 0 Å². The maximum atomic E-state index is 12.1. The molecule has 3 aromatic rings. The normalized spacial score (nSPS) is 12.3. The van der Waals surface area contributed by atoms with Gasteiger partial charge in [0.15, 0.2) is 0 Å². The van der Waals surface area contributed by atoms with Crippen LogP contribution in [0.5, 0.6) is 0 Å². The van der Waals surface area contributed by atoms with Gasteiger partial charge in [0, 0.05) is 5.92 Å². The van der Waals surface area contributed by atoms with Crippen LogP contribution in [-0.4, -0.2) is 23.8 Å². The Hall–Kier alpha value is -3.54. The molecule has 1 aliphatic carbocycles. The smallest absolute Gasteiger partial charge is 0.411 e. The van der Waals surface area contributed by atoms with Crippen molar-refractivity contribution in [3.05, 3.63) is 77.7 Å². The van der Waals surface area contributed by atoms with E-state index in [9.17, 15) is 9.59 Å². The number of carboxylic acids is 1. The topological polar surface area (TPSA) is 88.8 Å². The fourth-order valence-corrected chi connectivity index (χ4v) is 3.30. The molecule has 26 heavy (non-hydrogen) atoms. The number of carboxylic acid groups (broad SMARTS) is 1. The highest BCUT2D eigenvalue weighted by molar-refractivity contribution is 5.98. The number of nitrogens with one attached hydrogen (secondary N) is 1. The second-order valence-corrected chi connectivity index (χ2v) is 5.95. The summed E-state index contributed by atoms with van der Waals surface area (Å²) in [6.45, 7) is 0.153. The molecule has 0 fully saturated rings.